The van der Waals surface area contributed by atoms with Crippen molar-refractivity contribution in [3.63, 3.8) is 0 Å². The molecule has 0 aliphatic carbocycles. The molecule has 0 fully saturated rings. The molecule has 0 bridgehead atoms. The molecule has 0 saturated carbocycles. The summed E-state index contributed by atoms with van der Waals surface area (Å²) in [6.45, 7) is 0.945. The maximum absolute atomic E-state index is 12.6. The number of rotatable bonds is 4. The second-order valence-electron chi connectivity index (χ2n) is 5.69. The highest BCUT2D eigenvalue weighted by Crippen LogP contribution is 2.28. The number of ether oxygens (including phenoxy) is 1. The summed E-state index contributed by atoms with van der Waals surface area (Å²) in [6, 6.07) is 9.00. The van der Waals surface area contributed by atoms with Crippen molar-refractivity contribution in [1.29, 1.82) is 0 Å². The number of aromatic nitrogens is 1. The van der Waals surface area contributed by atoms with Crippen LogP contribution in [0.1, 0.15) is 22.3 Å². The van der Waals surface area contributed by atoms with E-state index in [2.05, 4.69) is 10.3 Å². The van der Waals surface area contributed by atoms with Gasteiger partial charge in [-0.1, -0.05) is 0 Å². The third-order valence-corrected chi connectivity index (χ3v) is 3.92. The first kappa shape index (κ1) is 16.0. The standard InChI is InChI=1S/C18H19N3O3/c1-21(10-6-13-4-8-19-9-5-13)18(23)14-2-3-16-15(12-14)20-17(22)7-11-24-16/h2-5,8-9,12H,6-7,10-11H2,1H3,(H,20,22). The Kier molecular flexibility index (Phi) is 4.74. The van der Waals surface area contributed by atoms with Crippen LogP contribution in [0.2, 0.25) is 0 Å². The fourth-order valence-electron chi connectivity index (χ4n) is 2.52. The summed E-state index contributed by atoms with van der Waals surface area (Å²) in [5, 5.41) is 2.77. The second-order valence-corrected chi connectivity index (χ2v) is 5.69. The van der Waals surface area contributed by atoms with E-state index in [1.165, 1.54) is 0 Å². The lowest BCUT2D eigenvalue weighted by Crippen LogP contribution is -2.29. The van der Waals surface area contributed by atoms with Gasteiger partial charge in [-0.15, -0.1) is 0 Å². The number of hydrogen-bond acceptors (Lipinski definition) is 4. The van der Waals surface area contributed by atoms with Gasteiger partial charge in [0.1, 0.15) is 5.75 Å². The van der Waals surface area contributed by atoms with Gasteiger partial charge in [0.2, 0.25) is 5.91 Å². The summed E-state index contributed by atoms with van der Waals surface area (Å²) in [5.74, 6) is 0.395. The SMILES string of the molecule is CN(CCc1ccncc1)C(=O)c1ccc2c(c1)NC(=O)CCO2. The lowest BCUT2D eigenvalue weighted by molar-refractivity contribution is -0.116. The van der Waals surface area contributed by atoms with Crippen molar-refractivity contribution >= 4 is 17.5 Å². The first-order chi connectivity index (χ1) is 11.6. The number of carbonyl (C=O) groups is 2. The highest BCUT2D eigenvalue weighted by Gasteiger charge is 2.18. The molecular weight excluding hydrogens is 306 g/mol. The molecule has 0 atom stereocenters. The van der Waals surface area contributed by atoms with Gasteiger partial charge in [-0.25, -0.2) is 0 Å². The van der Waals surface area contributed by atoms with Crippen molar-refractivity contribution in [2.24, 2.45) is 0 Å². The summed E-state index contributed by atoms with van der Waals surface area (Å²) in [5.41, 5.74) is 2.20. The number of carbonyl (C=O) groups excluding carboxylic acids is 2. The maximum atomic E-state index is 12.6. The summed E-state index contributed by atoms with van der Waals surface area (Å²) < 4.78 is 5.51. The van der Waals surface area contributed by atoms with Crippen LogP contribution in [0.5, 0.6) is 5.75 Å². The van der Waals surface area contributed by atoms with E-state index in [0.717, 1.165) is 12.0 Å². The molecule has 0 radical (unpaired) electrons. The Hall–Kier alpha value is -2.89. The van der Waals surface area contributed by atoms with Crippen LogP contribution in [-0.2, 0) is 11.2 Å². The van der Waals surface area contributed by atoms with Crippen molar-refractivity contribution in [2.45, 2.75) is 12.8 Å². The van der Waals surface area contributed by atoms with Crippen LogP contribution in [0.25, 0.3) is 0 Å². The number of benzene rings is 1. The van der Waals surface area contributed by atoms with E-state index in [9.17, 15) is 9.59 Å². The molecule has 1 aromatic heterocycles. The third-order valence-electron chi connectivity index (χ3n) is 3.92. The van der Waals surface area contributed by atoms with E-state index in [-0.39, 0.29) is 11.8 Å². The number of nitrogens with zero attached hydrogens (tertiary/aromatic N) is 2. The van der Waals surface area contributed by atoms with Gasteiger partial charge in [0, 0.05) is 31.5 Å². The minimum atomic E-state index is -0.107. The van der Waals surface area contributed by atoms with E-state index >= 15 is 0 Å². The van der Waals surface area contributed by atoms with Crippen LogP contribution in [0.4, 0.5) is 5.69 Å². The summed E-state index contributed by atoms with van der Waals surface area (Å²) in [7, 11) is 1.77. The summed E-state index contributed by atoms with van der Waals surface area (Å²) in [4.78, 5) is 29.9. The molecule has 6 heteroatoms. The molecule has 0 saturated heterocycles. The van der Waals surface area contributed by atoms with E-state index < -0.39 is 0 Å². The van der Waals surface area contributed by atoms with Gasteiger partial charge in [-0.3, -0.25) is 14.6 Å². The quantitative estimate of drug-likeness (QED) is 0.934. The molecule has 2 amide bonds. The fraction of sp³-hybridized carbons (Fsp3) is 0.278. The molecule has 2 aromatic rings. The Balaban J connectivity index is 1.69. The van der Waals surface area contributed by atoms with Gasteiger partial charge in [-0.05, 0) is 42.3 Å². The number of likely N-dealkylation sites (N-methyl/N-ethyl adjacent to an activating group) is 1. The average Bonchev–Trinajstić information content (AvgIpc) is 2.79. The lowest BCUT2D eigenvalue weighted by atomic mass is 10.1. The minimum Gasteiger partial charge on any atom is -0.491 e. The van der Waals surface area contributed by atoms with Crippen molar-refractivity contribution in [3.8, 4) is 5.75 Å². The van der Waals surface area contributed by atoms with Gasteiger partial charge >= 0.3 is 0 Å². The Morgan fingerprint density at radius 2 is 2.08 bits per heavy atom. The zero-order chi connectivity index (χ0) is 16.9. The smallest absolute Gasteiger partial charge is 0.253 e. The molecule has 1 aliphatic heterocycles. The lowest BCUT2D eigenvalue weighted by Gasteiger charge is -2.18. The largest absolute Gasteiger partial charge is 0.491 e. The van der Waals surface area contributed by atoms with Crippen molar-refractivity contribution in [3.05, 3.63) is 53.9 Å². The zero-order valence-electron chi connectivity index (χ0n) is 13.5. The number of hydrogen-bond donors (Lipinski definition) is 1. The molecule has 2 heterocycles. The molecule has 1 aliphatic rings. The van der Waals surface area contributed by atoms with E-state index in [4.69, 9.17) is 4.74 Å². The highest BCUT2D eigenvalue weighted by molar-refractivity contribution is 5.98. The van der Waals surface area contributed by atoms with E-state index in [1.54, 1.807) is 42.5 Å². The normalized spacial score (nSPS) is 13.3. The maximum Gasteiger partial charge on any atom is 0.253 e. The second kappa shape index (κ2) is 7.12. The molecular formula is C18H19N3O3. The molecule has 1 N–H and O–H groups in total. The average molecular weight is 325 g/mol. The number of amides is 2. The van der Waals surface area contributed by atoms with E-state index in [0.29, 0.717) is 36.6 Å². The monoisotopic (exact) mass is 325 g/mol. The molecule has 0 spiro atoms. The zero-order valence-corrected chi connectivity index (χ0v) is 13.5. The molecule has 6 nitrogen and oxygen atoms in total. The van der Waals surface area contributed by atoms with Crippen molar-refractivity contribution < 1.29 is 14.3 Å². The Labute approximate surface area is 140 Å². The van der Waals surface area contributed by atoms with Gasteiger partial charge in [0.25, 0.3) is 5.91 Å². The fourth-order valence-corrected chi connectivity index (χ4v) is 2.52. The molecule has 124 valence electrons. The van der Waals surface area contributed by atoms with Gasteiger partial charge in [-0.2, -0.15) is 0 Å². The van der Waals surface area contributed by atoms with Crippen molar-refractivity contribution in [1.82, 2.24) is 9.88 Å². The number of fused-ring (bicyclic) bond motifs is 1. The molecule has 24 heavy (non-hydrogen) atoms. The predicted octanol–water partition coefficient (Wildman–Crippen LogP) is 2.12. The molecule has 0 unspecified atom stereocenters. The van der Waals surface area contributed by atoms with Gasteiger partial charge in [0.05, 0.1) is 18.7 Å². The van der Waals surface area contributed by atoms with E-state index in [1.807, 2.05) is 12.1 Å². The first-order valence-corrected chi connectivity index (χ1v) is 7.84. The molecule has 1 aromatic carbocycles. The highest BCUT2D eigenvalue weighted by atomic mass is 16.5. The predicted molar refractivity (Wildman–Crippen MR) is 90.1 cm³/mol. The van der Waals surface area contributed by atoms with Gasteiger partial charge in [0.15, 0.2) is 0 Å². The summed E-state index contributed by atoms with van der Waals surface area (Å²) in [6.07, 6.45) is 4.55. The van der Waals surface area contributed by atoms with Crippen LogP contribution in [0.15, 0.2) is 42.7 Å². The van der Waals surface area contributed by atoms with Crippen LogP contribution >= 0.6 is 0 Å². The Morgan fingerprint density at radius 3 is 2.88 bits per heavy atom. The number of nitrogens with one attached hydrogen (secondary N) is 1. The van der Waals surface area contributed by atoms with Crippen LogP contribution in [0.3, 0.4) is 0 Å². The third kappa shape index (κ3) is 3.71. The topological polar surface area (TPSA) is 71.5 Å². The van der Waals surface area contributed by atoms with Crippen LogP contribution in [-0.4, -0.2) is 41.9 Å². The number of anilines is 1. The molecule has 3 rings (SSSR count). The number of pyridine rings is 1. The Morgan fingerprint density at radius 1 is 1.29 bits per heavy atom. The Bertz CT molecular complexity index is 746. The summed E-state index contributed by atoms with van der Waals surface area (Å²) >= 11 is 0. The minimum absolute atomic E-state index is 0.0923. The van der Waals surface area contributed by atoms with Crippen LogP contribution < -0.4 is 10.1 Å². The van der Waals surface area contributed by atoms with Crippen LogP contribution in [0, 0.1) is 0 Å². The first-order valence-electron chi connectivity index (χ1n) is 7.84. The van der Waals surface area contributed by atoms with Crippen molar-refractivity contribution in [2.75, 3.05) is 25.5 Å². The van der Waals surface area contributed by atoms with Gasteiger partial charge < -0.3 is 15.0 Å².